The fraction of sp³-hybridized carbons (Fsp3) is 0.250. The van der Waals surface area contributed by atoms with Crippen molar-refractivity contribution in [3.63, 3.8) is 0 Å². The summed E-state index contributed by atoms with van der Waals surface area (Å²) in [7, 11) is -3.78. The summed E-state index contributed by atoms with van der Waals surface area (Å²) in [4.78, 5) is 14.7. The number of benzene rings is 3. The first-order valence-corrected chi connectivity index (χ1v) is 13.0. The number of carbonyl (C=O) groups excluding carboxylic acids is 1. The van der Waals surface area contributed by atoms with Crippen LogP contribution in [0.5, 0.6) is 0 Å². The summed E-state index contributed by atoms with van der Waals surface area (Å²) in [6.45, 7) is -0.188. The third-order valence-corrected chi connectivity index (χ3v) is 8.59. The van der Waals surface area contributed by atoms with Crippen molar-refractivity contribution in [2.75, 3.05) is 19.7 Å². The average Bonchev–Trinajstić information content (AvgIpc) is 2.87. The normalized spacial score (nSPS) is 22.0. The van der Waals surface area contributed by atoms with Crippen LogP contribution in [0, 0.1) is 11.8 Å². The van der Waals surface area contributed by atoms with E-state index in [0.717, 1.165) is 16.7 Å². The maximum Gasteiger partial charge on any atom is 0.243 e. The predicted molar refractivity (Wildman–Crippen MR) is 133 cm³/mol. The molecule has 0 spiro atoms. The molecule has 0 saturated carbocycles. The van der Waals surface area contributed by atoms with Gasteiger partial charge in [0, 0.05) is 24.4 Å². The molecule has 35 heavy (non-hydrogen) atoms. The van der Waals surface area contributed by atoms with Crippen molar-refractivity contribution in [1.29, 1.82) is 0 Å². The van der Waals surface area contributed by atoms with E-state index in [9.17, 15) is 18.3 Å². The second-order valence-electron chi connectivity index (χ2n) is 8.84. The molecule has 0 aromatic heterocycles. The number of hydrogen-bond donors (Lipinski definition) is 1. The highest BCUT2D eigenvalue weighted by Crippen LogP contribution is 2.43. The number of hydrogen-bond acceptors (Lipinski definition) is 4. The Morgan fingerprint density at radius 1 is 0.914 bits per heavy atom. The monoisotopic (exact) mass is 486 g/mol. The molecule has 3 atom stereocenters. The zero-order chi connectivity index (χ0) is 24.4. The Morgan fingerprint density at radius 3 is 2.23 bits per heavy atom. The van der Waals surface area contributed by atoms with Gasteiger partial charge in [0.05, 0.1) is 30.1 Å². The van der Waals surface area contributed by atoms with Gasteiger partial charge in [-0.2, -0.15) is 4.31 Å². The van der Waals surface area contributed by atoms with Crippen molar-refractivity contribution in [2.24, 2.45) is 0 Å². The van der Waals surface area contributed by atoms with Gasteiger partial charge in [0.25, 0.3) is 0 Å². The van der Waals surface area contributed by atoms with Gasteiger partial charge in [-0.3, -0.25) is 4.79 Å². The summed E-state index contributed by atoms with van der Waals surface area (Å²) in [5, 5.41) is 10.0. The van der Waals surface area contributed by atoms with Crippen LogP contribution in [0.25, 0.3) is 0 Å². The van der Waals surface area contributed by atoms with Crippen LogP contribution >= 0.6 is 0 Å². The Morgan fingerprint density at radius 2 is 1.57 bits per heavy atom. The minimum Gasteiger partial charge on any atom is -0.394 e. The van der Waals surface area contributed by atoms with Crippen LogP contribution in [0.15, 0.2) is 89.8 Å². The van der Waals surface area contributed by atoms with Gasteiger partial charge < -0.3 is 10.0 Å². The lowest BCUT2D eigenvalue weighted by Gasteiger charge is -2.58. The Labute approximate surface area is 205 Å². The van der Waals surface area contributed by atoms with E-state index in [1.807, 2.05) is 54.6 Å². The summed E-state index contributed by atoms with van der Waals surface area (Å²) >= 11 is 0. The molecule has 7 heteroatoms. The molecule has 2 aliphatic rings. The Hall–Kier alpha value is -3.44. The molecule has 178 valence electrons. The van der Waals surface area contributed by atoms with Crippen molar-refractivity contribution in [2.45, 2.75) is 29.3 Å². The molecule has 0 radical (unpaired) electrons. The maximum atomic E-state index is 13.1. The third-order valence-electron chi connectivity index (χ3n) is 6.77. The lowest BCUT2D eigenvalue weighted by Crippen LogP contribution is -2.73. The predicted octanol–water partition coefficient (Wildman–Crippen LogP) is 2.64. The standard InChI is InChI=1S/C28H26N2O4S/c31-20-26-28(23-16-14-22(15-17-23)11-7-10-21-8-3-1-4-9-21)25-18-29(19-27(32)30(25)26)35(33,34)24-12-5-2-6-13-24/h1-6,8-9,12-17,25-26,28,31H,10,18-20H2/t25-,26+,28-/m1/s1. The fourth-order valence-corrected chi connectivity index (χ4v) is 6.46. The highest BCUT2D eigenvalue weighted by Gasteiger charge is 2.55. The van der Waals surface area contributed by atoms with E-state index in [-0.39, 0.29) is 48.5 Å². The van der Waals surface area contributed by atoms with E-state index >= 15 is 0 Å². The molecule has 2 fully saturated rings. The summed E-state index contributed by atoms with van der Waals surface area (Å²) in [6, 6.07) is 25.4. The lowest BCUT2D eigenvalue weighted by atomic mass is 9.74. The largest absolute Gasteiger partial charge is 0.394 e. The number of carbonyl (C=O) groups is 1. The minimum atomic E-state index is -3.78. The van der Waals surface area contributed by atoms with Gasteiger partial charge in [-0.25, -0.2) is 8.42 Å². The average molecular weight is 487 g/mol. The molecular weight excluding hydrogens is 460 g/mol. The van der Waals surface area contributed by atoms with Crippen molar-refractivity contribution in [1.82, 2.24) is 9.21 Å². The number of piperazine rings is 1. The zero-order valence-electron chi connectivity index (χ0n) is 19.1. The molecule has 6 nitrogen and oxygen atoms in total. The Balaban J connectivity index is 1.34. The fourth-order valence-electron chi connectivity index (χ4n) is 5.03. The smallest absolute Gasteiger partial charge is 0.243 e. The molecule has 3 aromatic rings. The third kappa shape index (κ3) is 4.48. The van der Waals surface area contributed by atoms with Crippen LogP contribution in [0.3, 0.4) is 0 Å². The number of nitrogens with zero attached hydrogens (tertiary/aromatic N) is 2. The number of aliphatic hydroxyl groups excluding tert-OH is 1. The Bertz CT molecular complexity index is 1360. The van der Waals surface area contributed by atoms with Crippen LogP contribution in [-0.2, 0) is 21.2 Å². The molecule has 1 amide bonds. The lowest BCUT2D eigenvalue weighted by molar-refractivity contribution is -0.158. The van der Waals surface area contributed by atoms with Crippen LogP contribution < -0.4 is 0 Å². The van der Waals surface area contributed by atoms with Crippen molar-refractivity contribution >= 4 is 15.9 Å². The number of amides is 1. The second kappa shape index (κ2) is 9.67. The second-order valence-corrected chi connectivity index (χ2v) is 10.8. The minimum absolute atomic E-state index is 0.149. The topological polar surface area (TPSA) is 77.9 Å². The number of aliphatic hydroxyl groups is 1. The summed E-state index contributed by atoms with van der Waals surface area (Å²) in [6.07, 6.45) is 0.669. The van der Waals surface area contributed by atoms with Crippen molar-refractivity contribution in [3.05, 3.63) is 102 Å². The first-order chi connectivity index (χ1) is 17.0. The SMILES string of the molecule is O=C1CN(S(=O)(=O)c2ccccc2)C[C@@H]2[C@@H](c3ccc(C#CCc4ccccc4)cc3)[C@H](CO)N12. The van der Waals surface area contributed by atoms with Gasteiger partial charge in [0.15, 0.2) is 0 Å². The molecule has 3 aromatic carbocycles. The van der Waals surface area contributed by atoms with Gasteiger partial charge in [0.1, 0.15) is 0 Å². The molecule has 2 saturated heterocycles. The van der Waals surface area contributed by atoms with Gasteiger partial charge in [-0.05, 0) is 35.4 Å². The van der Waals surface area contributed by atoms with E-state index < -0.39 is 10.0 Å². The van der Waals surface area contributed by atoms with Gasteiger partial charge >= 0.3 is 0 Å². The van der Waals surface area contributed by atoms with Crippen LogP contribution in [0.2, 0.25) is 0 Å². The number of sulfonamides is 1. The van der Waals surface area contributed by atoms with E-state index in [2.05, 4.69) is 11.8 Å². The summed E-state index contributed by atoms with van der Waals surface area (Å²) in [5.74, 6) is 5.94. The molecule has 0 unspecified atom stereocenters. The highest BCUT2D eigenvalue weighted by molar-refractivity contribution is 7.89. The van der Waals surface area contributed by atoms with Crippen molar-refractivity contribution < 1.29 is 18.3 Å². The first kappa shape index (κ1) is 23.3. The van der Waals surface area contributed by atoms with E-state index in [1.54, 1.807) is 35.2 Å². The zero-order valence-corrected chi connectivity index (χ0v) is 19.9. The Kier molecular flexibility index (Phi) is 6.44. The first-order valence-electron chi connectivity index (χ1n) is 11.6. The summed E-state index contributed by atoms with van der Waals surface area (Å²) in [5.41, 5.74) is 3.01. The van der Waals surface area contributed by atoms with E-state index in [1.165, 1.54) is 4.31 Å². The van der Waals surface area contributed by atoms with Gasteiger partial charge in [0.2, 0.25) is 15.9 Å². The molecule has 0 bridgehead atoms. The van der Waals surface area contributed by atoms with Gasteiger partial charge in [-0.1, -0.05) is 72.5 Å². The molecule has 1 N–H and O–H groups in total. The van der Waals surface area contributed by atoms with Crippen LogP contribution in [0.4, 0.5) is 0 Å². The molecule has 2 aliphatic heterocycles. The van der Waals surface area contributed by atoms with E-state index in [0.29, 0.717) is 6.42 Å². The molecule has 5 rings (SSSR count). The molecule has 0 aliphatic carbocycles. The number of fused-ring (bicyclic) bond motifs is 1. The molecular formula is C28H26N2O4S. The van der Waals surface area contributed by atoms with E-state index in [4.69, 9.17) is 0 Å². The van der Waals surface area contributed by atoms with Crippen LogP contribution in [-0.4, -0.2) is 60.4 Å². The quantitative estimate of drug-likeness (QED) is 0.563. The van der Waals surface area contributed by atoms with Crippen LogP contribution in [0.1, 0.15) is 22.6 Å². The maximum absolute atomic E-state index is 13.1. The van der Waals surface area contributed by atoms with Crippen molar-refractivity contribution in [3.8, 4) is 11.8 Å². The van der Waals surface area contributed by atoms with Gasteiger partial charge in [-0.15, -0.1) is 0 Å². The highest BCUT2D eigenvalue weighted by atomic mass is 32.2. The number of rotatable bonds is 5. The molecule has 2 heterocycles. The summed E-state index contributed by atoms with van der Waals surface area (Å²) < 4.78 is 27.5.